The molecular formula is C25H51N. The smallest absolute Gasteiger partial charge is 0.0103 e. The molecule has 0 radical (unpaired) electrons. The summed E-state index contributed by atoms with van der Waals surface area (Å²) in [4.78, 5) is 0. The summed E-state index contributed by atoms with van der Waals surface area (Å²) in [7, 11) is 0. The molecule has 0 aliphatic carbocycles. The SMILES string of the molecule is CCCCCCCCCCCCCCCCCCCCCCC/C=C/N. The minimum atomic E-state index is 1.16. The number of hydrogen-bond acceptors (Lipinski definition) is 1. The Kier molecular flexibility index (Phi) is 24.1. The predicted molar refractivity (Wildman–Crippen MR) is 121 cm³/mol. The quantitative estimate of drug-likeness (QED) is 0.190. The van der Waals surface area contributed by atoms with E-state index in [9.17, 15) is 0 Å². The van der Waals surface area contributed by atoms with Crippen LogP contribution in [-0.2, 0) is 0 Å². The molecule has 2 N–H and O–H groups in total. The van der Waals surface area contributed by atoms with Crippen LogP contribution in [0.2, 0.25) is 0 Å². The normalized spacial score (nSPS) is 11.6. The van der Waals surface area contributed by atoms with E-state index in [2.05, 4.69) is 13.0 Å². The van der Waals surface area contributed by atoms with Gasteiger partial charge in [-0.2, -0.15) is 0 Å². The number of unbranched alkanes of at least 4 members (excludes halogenated alkanes) is 21. The third-order valence-corrected chi connectivity index (χ3v) is 5.61. The molecule has 26 heavy (non-hydrogen) atoms. The van der Waals surface area contributed by atoms with Crippen LogP contribution in [0.4, 0.5) is 0 Å². The van der Waals surface area contributed by atoms with E-state index in [4.69, 9.17) is 5.73 Å². The van der Waals surface area contributed by atoms with Crippen LogP contribution in [0, 0.1) is 0 Å². The molecule has 0 aromatic rings. The first-order valence-corrected chi connectivity index (χ1v) is 12.3. The molecule has 0 saturated heterocycles. The summed E-state index contributed by atoms with van der Waals surface area (Å²) in [6.07, 6.45) is 35.4. The molecule has 156 valence electrons. The Labute approximate surface area is 166 Å². The molecule has 0 bridgehead atoms. The van der Waals surface area contributed by atoms with Crippen LogP contribution in [0.15, 0.2) is 12.3 Å². The lowest BCUT2D eigenvalue weighted by molar-refractivity contribution is 0.520. The fourth-order valence-electron chi connectivity index (χ4n) is 3.79. The molecule has 1 heteroatoms. The first kappa shape index (κ1) is 25.5. The summed E-state index contributed by atoms with van der Waals surface area (Å²) in [6.45, 7) is 2.30. The van der Waals surface area contributed by atoms with E-state index in [1.54, 1.807) is 6.20 Å². The Morgan fingerprint density at radius 1 is 0.423 bits per heavy atom. The van der Waals surface area contributed by atoms with E-state index in [0.29, 0.717) is 0 Å². The van der Waals surface area contributed by atoms with Gasteiger partial charge in [0, 0.05) is 0 Å². The first-order valence-electron chi connectivity index (χ1n) is 12.3. The number of nitrogens with two attached hydrogens (primary N) is 1. The van der Waals surface area contributed by atoms with Gasteiger partial charge < -0.3 is 5.73 Å². The van der Waals surface area contributed by atoms with Gasteiger partial charge >= 0.3 is 0 Å². The Hall–Kier alpha value is -0.460. The third-order valence-electron chi connectivity index (χ3n) is 5.61. The van der Waals surface area contributed by atoms with Crippen LogP contribution in [0.25, 0.3) is 0 Å². The van der Waals surface area contributed by atoms with E-state index in [0.717, 1.165) is 6.42 Å². The molecule has 0 unspecified atom stereocenters. The minimum Gasteiger partial charge on any atom is -0.405 e. The van der Waals surface area contributed by atoms with Gasteiger partial charge in [0.05, 0.1) is 0 Å². The van der Waals surface area contributed by atoms with Crippen molar-refractivity contribution in [2.75, 3.05) is 0 Å². The van der Waals surface area contributed by atoms with Crippen molar-refractivity contribution in [2.24, 2.45) is 5.73 Å². The van der Waals surface area contributed by atoms with E-state index >= 15 is 0 Å². The van der Waals surface area contributed by atoms with E-state index in [-0.39, 0.29) is 0 Å². The van der Waals surface area contributed by atoms with Gasteiger partial charge in [-0.05, 0) is 19.0 Å². The summed E-state index contributed by atoms with van der Waals surface area (Å²) >= 11 is 0. The highest BCUT2D eigenvalue weighted by molar-refractivity contribution is 4.74. The molecule has 0 heterocycles. The van der Waals surface area contributed by atoms with Crippen LogP contribution in [-0.4, -0.2) is 0 Å². The first-order chi connectivity index (χ1) is 12.9. The summed E-state index contributed by atoms with van der Waals surface area (Å²) in [6, 6.07) is 0. The van der Waals surface area contributed by atoms with E-state index in [1.807, 2.05) is 0 Å². The molecule has 0 amide bonds. The summed E-state index contributed by atoms with van der Waals surface area (Å²) in [5.74, 6) is 0. The maximum atomic E-state index is 5.34. The summed E-state index contributed by atoms with van der Waals surface area (Å²) in [5.41, 5.74) is 5.34. The lowest BCUT2D eigenvalue weighted by atomic mass is 10.0. The predicted octanol–water partition coefficient (Wildman–Crippen LogP) is 9.06. The maximum Gasteiger partial charge on any atom is -0.0103 e. The zero-order chi connectivity index (χ0) is 19.0. The van der Waals surface area contributed by atoms with Crippen molar-refractivity contribution in [3.05, 3.63) is 12.3 Å². The second-order valence-corrected chi connectivity index (χ2v) is 8.29. The van der Waals surface area contributed by atoms with Crippen molar-refractivity contribution in [1.29, 1.82) is 0 Å². The average Bonchev–Trinajstić information content (AvgIpc) is 2.66. The molecule has 0 aliphatic rings. The molecule has 0 aromatic heterocycles. The topological polar surface area (TPSA) is 26.0 Å². The van der Waals surface area contributed by atoms with Gasteiger partial charge in [-0.3, -0.25) is 0 Å². The molecule has 0 rings (SSSR count). The Bertz CT molecular complexity index is 259. The van der Waals surface area contributed by atoms with E-state index in [1.165, 1.54) is 135 Å². The van der Waals surface area contributed by atoms with Gasteiger partial charge in [-0.1, -0.05) is 141 Å². The van der Waals surface area contributed by atoms with Gasteiger partial charge in [0.2, 0.25) is 0 Å². The Balaban J connectivity index is 2.97. The van der Waals surface area contributed by atoms with Crippen LogP contribution in [0.3, 0.4) is 0 Å². The fraction of sp³-hybridized carbons (Fsp3) is 0.920. The van der Waals surface area contributed by atoms with E-state index < -0.39 is 0 Å². The maximum absolute atomic E-state index is 5.34. The second-order valence-electron chi connectivity index (χ2n) is 8.29. The van der Waals surface area contributed by atoms with Crippen LogP contribution < -0.4 is 5.73 Å². The molecule has 0 atom stereocenters. The monoisotopic (exact) mass is 365 g/mol. The number of rotatable bonds is 22. The lowest BCUT2D eigenvalue weighted by Gasteiger charge is -2.04. The van der Waals surface area contributed by atoms with Gasteiger partial charge in [-0.25, -0.2) is 0 Å². The largest absolute Gasteiger partial charge is 0.405 e. The number of hydrogen-bond donors (Lipinski definition) is 1. The molecule has 0 spiro atoms. The molecule has 0 aromatic carbocycles. The molecule has 0 fully saturated rings. The third kappa shape index (κ3) is 23.5. The van der Waals surface area contributed by atoms with Crippen molar-refractivity contribution < 1.29 is 0 Å². The lowest BCUT2D eigenvalue weighted by Crippen LogP contribution is -1.84. The van der Waals surface area contributed by atoms with Crippen molar-refractivity contribution in [3.63, 3.8) is 0 Å². The minimum absolute atomic E-state index is 1.16. The molecule has 1 nitrogen and oxygen atoms in total. The second kappa shape index (κ2) is 24.5. The Morgan fingerprint density at radius 3 is 0.962 bits per heavy atom. The van der Waals surface area contributed by atoms with Crippen LogP contribution >= 0.6 is 0 Å². The highest BCUT2D eigenvalue weighted by Gasteiger charge is 1.95. The highest BCUT2D eigenvalue weighted by Crippen LogP contribution is 2.15. The standard InChI is InChI=1S/C25H51N/c1-2-3-4-5-6-7-8-9-10-11-12-13-14-15-16-17-18-19-20-21-22-23-24-25-26/h24-25H,2-23,26H2,1H3/b25-24+. The summed E-state index contributed by atoms with van der Waals surface area (Å²) < 4.78 is 0. The van der Waals surface area contributed by atoms with Crippen molar-refractivity contribution in [3.8, 4) is 0 Å². The van der Waals surface area contributed by atoms with Crippen LogP contribution in [0.5, 0.6) is 0 Å². The molecule has 0 aliphatic heterocycles. The van der Waals surface area contributed by atoms with Crippen molar-refractivity contribution in [2.45, 2.75) is 148 Å². The van der Waals surface area contributed by atoms with Crippen molar-refractivity contribution >= 4 is 0 Å². The average molecular weight is 366 g/mol. The van der Waals surface area contributed by atoms with Gasteiger partial charge in [-0.15, -0.1) is 0 Å². The zero-order valence-electron chi connectivity index (χ0n) is 18.3. The Morgan fingerprint density at radius 2 is 0.692 bits per heavy atom. The zero-order valence-corrected chi connectivity index (χ0v) is 18.3. The van der Waals surface area contributed by atoms with Crippen LogP contribution in [0.1, 0.15) is 148 Å². The molecular weight excluding hydrogens is 314 g/mol. The number of allylic oxidation sites excluding steroid dienone is 1. The van der Waals surface area contributed by atoms with Gasteiger partial charge in [0.15, 0.2) is 0 Å². The summed E-state index contributed by atoms with van der Waals surface area (Å²) in [5, 5.41) is 0. The fourth-order valence-corrected chi connectivity index (χ4v) is 3.79. The highest BCUT2D eigenvalue weighted by atomic mass is 14.5. The van der Waals surface area contributed by atoms with Gasteiger partial charge in [0.1, 0.15) is 0 Å². The molecule has 0 saturated carbocycles. The van der Waals surface area contributed by atoms with Crippen molar-refractivity contribution in [1.82, 2.24) is 0 Å². The van der Waals surface area contributed by atoms with Gasteiger partial charge in [0.25, 0.3) is 0 Å².